The molecular formula is C15H18ClFN2O. The molecule has 1 heterocycles. The van der Waals surface area contributed by atoms with Gasteiger partial charge in [-0.15, -0.1) is 0 Å². The van der Waals surface area contributed by atoms with Gasteiger partial charge in [0, 0.05) is 17.1 Å². The van der Waals surface area contributed by atoms with E-state index in [-0.39, 0.29) is 22.5 Å². The molecule has 0 aromatic heterocycles. The minimum Gasteiger partial charge on any atom is -0.349 e. The molecule has 2 fully saturated rings. The summed E-state index contributed by atoms with van der Waals surface area (Å²) in [5.74, 6) is -0.776. The fourth-order valence-electron chi connectivity index (χ4n) is 3.17. The van der Waals surface area contributed by atoms with Crippen LogP contribution in [0.1, 0.15) is 42.5 Å². The third-order valence-electron chi connectivity index (χ3n) is 4.46. The van der Waals surface area contributed by atoms with Gasteiger partial charge in [0.2, 0.25) is 0 Å². The topological polar surface area (TPSA) is 41.1 Å². The van der Waals surface area contributed by atoms with Crippen molar-refractivity contribution in [3.05, 3.63) is 34.6 Å². The second-order valence-electron chi connectivity index (χ2n) is 5.85. The van der Waals surface area contributed by atoms with Crippen LogP contribution >= 0.6 is 11.6 Å². The summed E-state index contributed by atoms with van der Waals surface area (Å²) in [4.78, 5) is 12.2. The zero-order chi connectivity index (χ0) is 14.2. The van der Waals surface area contributed by atoms with Crippen LogP contribution in [0.4, 0.5) is 4.39 Å². The maximum Gasteiger partial charge on any atom is 0.251 e. The van der Waals surface area contributed by atoms with Gasteiger partial charge in [0.05, 0.1) is 5.02 Å². The quantitative estimate of drug-likeness (QED) is 0.881. The van der Waals surface area contributed by atoms with E-state index in [2.05, 4.69) is 10.6 Å². The van der Waals surface area contributed by atoms with Crippen molar-refractivity contribution < 1.29 is 9.18 Å². The molecule has 2 N–H and O–H groups in total. The third-order valence-corrected chi connectivity index (χ3v) is 4.76. The van der Waals surface area contributed by atoms with E-state index in [1.807, 2.05) is 0 Å². The molecule has 3 nitrogen and oxygen atoms in total. The van der Waals surface area contributed by atoms with Gasteiger partial charge >= 0.3 is 0 Å². The number of benzene rings is 1. The summed E-state index contributed by atoms with van der Waals surface area (Å²) in [6.07, 6.45) is 5.53. The zero-order valence-corrected chi connectivity index (χ0v) is 12.0. The molecule has 1 aliphatic carbocycles. The second-order valence-corrected chi connectivity index (χ2v) is 6.26. The Kier molecular flexibility index (Phi) is 3.69. The number of amides is 1. The maximum absolute atomic E-state index is 13.4. The molecule has 0 bridgehead atoms. The fraction of sp³-hybridized carbons (Fsp3) is 0.533. The van der Waals surface area contributed by atoms with Crippen LogP contribution in [0, 0.1) is 5.82 Å². The molecule has 1 aromatic carbocycles. The summed E-state index contributed by atoms with van der Waals surface area (Å²) >= 11 is 5.63. The molecule has 1 amide bonds. The van der Waals surface area contributed by atoms with Gasteiger partial charge in [0.1, 0.15) is 5.82 Å². The summed E-state index contributed by atoms with van der Waals surface area (Å²) < 4.78 is 13.4. The van der Waals surface area contributed by atoms with E-state index in [9.17, 15) is 9.18 Å². The van der Waals surface area contributed by atoms with Crippen molar-refractivity contribution in [1.29, 1.82) is 0 Å². The first-order chi connectivity index (χ1) is 9.58. The number of hydrogen-bond acceptors (Lipinski definition) is 2. The fourth-order valence-corrected chi connectivity index (χ4v) is 3.29. The molecule has 1 saturated carbocycles. The highest BCUT2D eigenvalue weighted by Gasteiger charge is 2.41. The van der Waals surface area contributed by atoms with Crippen molar-refractivity contribution in [2.24, 2.45) is 0 Å². The van der Waals surface area contributed by atoms with E-state index < -0.39 is 5.82 Å². The lowest BCUT2D eigenvalue weighted by molar-refractivity contribution is 0.0852. The van der Waals surface area contributed by atoms with E-state index in [0.717, 1.165) is 19.4 Å². The van der Waals surface area contributed by atoms with Gasteiger partial charge in [-0.2, -0.15) is 0 Å². The minimum atomic E-state index is -0.555. The Hall–Kier alpha value is -1.13. The predicted molar refractivity (Wildman–Crippen MR) is 76.5 cm³/mol. The predicted octanol–water partition coefficient (Wildman–Crippen LogP) is 2.88. The lowest BCUT2D eigenvalue weighted by atomic mass is 9.70. The Morgan fingerprint density at radius 1 is 1.45 bits per heavy atom. The highest BCUT2D eigenvalue weighted by Crippen LogP contribution is 2.38. The molecule has 1 unspecified atom stereocenters. The Bertz CT molecular complexity index is 531. The lowest BCUT2D eigenvalue weighted by Crippen LogP contribution is -2.59. The Morgan fingerprint density at radius 3 is 2.90 bits per heavy atom. The standard InChI is InChI=1S/C15H18ClFN2O/c16-12-3-2-10(8-13(12)17)14(20)19-11-4-7-18-15(9-11)5-1-6-15/h2-3,8,11,18H,1,4-7,9H2,(H,19,20). The summed E-state index contributed by atoms with van der Waals surface area (Å²) in [6, 6.07) is 4.34. The van der Waals surface area contributed by atoms with E-state index in [4.69, 9.17) is 11.6 Å². The van der Waals surface area contributed by atoms with E-state index in [1.54, 1.807) is 6.07 Å². The first kappa shape index (κ1) is 13.8. The number of nitrogens with one attached hydrogen (secondary N) is 2. The molecule has 20 heavy (non-hydrogen) atoms. The smallest absolute Gasteiger partial charge is 0.251 e. The molecule has 1 saturated heterocycles. The van der Waals surface area contributed by atoms with Crippen LogP contribution in [-0.4, -0.2) is 24.0 Å². The Labute approximate surface area is 122 Å². The average Bonchev–Trinajstić information content (AvgIpc) is 2.40. The first-order valence-electron chi connectivity index (χ1n) is 7.09. The van der Waals surface area contributed by atoms with Crippen molar-refractivity contribution in [3.63, 3.8) is 0 Å². The largest absolute Gasteiger partial charge is 0.349 e. The van der Waals surface area contributed by atoms with Gasteiger partial charge in [-0.3, -0.25) is 4.79 Å². The summed E-state index contributed by atoms with van der Waals surface area (Å²) in [6.45, 7) is 0.930. The summed E-state index contributed by atoms with van der Waals surface area (Å²) in [5, 5.41) is 6.62. The molecule has 1 spiro atoms. The molecule has 0 radical (unpaired) electrons. The Morgan fingerprint density at radius 2 is 2.25 bits per heavy atom. The van der Waals surface area contributed by atoms with E-state index >= 15 is 0 Å². The number of carbonyl (C=O) groups excluding carboxylic acids is 1. The van der Waals surface area contributed by atoms with Crippen LogP contribution < -0.4 is 10.6 Å². The van der Waals surface area contributed by atoms with Crippen LogP contribution in [0.15, 0.2) is 18.2 Å². The zero-order valence-electron chi connectivity index (χ0n) is 11.2. The monoisotopic (exact) mass is 296 g/mol. The van der Waals surface area contributed by atoms with Crippen LogP contribution in [0.25, 0.3) is 0 Å². The molecular weight excluding hydrogens is 279 g/mol. The van der Waals surface area contributed by atoms with Crippen molar-refractivity contribution in [2.75, 3.05) is 6.54 Å². The number of hydrogen-bond donors (Lipinski definition) is 2. The van der Waals surface area contributed by atoms with Gasteiger partial charge in [0.15, 0.2) is 0 Å². The van der Waals surface area contributed by atoms with E-state index in [0.29, 0.717) is 5.56 Å². The van der Waals surface area contributed by atoms with Gasteiger partial charge in [-0.05, 0) is 56.8 Å². The molecule has 1 atom stereocenters. The highest BCUT2D eigenvalue weighted by molar-refractivity contribution is 6.30. The molecule has 108 valence electrons. The summed E-state index contributed by atoms with van der Waals surface area (Å²) in [5.41, 5.74) is 0.564. The maximum atomic E-state index is 13.4. The first-order valence-corrected chi connectivity index (χ1v) is 7.47. The van der Waals surface area contributed by atoms with Gasteiger partial charge < -0.3 is 10.6 Å². The van der Waals surface area contributed by atoms with Gasteiger partial charge in [-0.1, -0.05) is 11.6 Å². The molecule has 5 heteroatoms. The normalized spacial score (nSPS) is 24.2. The summed E-state index contributed by atoms with van der Waals surface area (Å²) in [7, 11) is 0. The van der Waals surface area contributed by atoms with Crippen molar-refractivity contribution in [1.82, 2.24) is 10.6 Å². The van der Waals surface area contributed by atoms with Crippen molar-refractivity contribution in [3.8, 4) is 0 Å². The van der Waals surface area contributed by atoms with Crippen molar-refractivity contribution >= 4 is 17.5 Å². The Balaban J connectivity index is 1.64. The third kappa shape index (κ3) is 2.67. The number of carbonyl (C=O) groups is 1. The molecule has 3 rings (SSSR count). The van der Waals surface area contributed by atoms with Gasteiger partial charge in [-0.25, -0.2) is 4.39 Å². The number of halogens is 2. The van der Waals surface area contributed by atoms with Crippen LogP contribution in [0.2, 0.25) is 5.02 Å². The lowest BCUT2D eigenvalue weighted by Gasteiger charge is -2.48. The van der Waals surface area contributed by atoms with Crippen LogP contribution in [-0.2, 0) is 0 Å². The van der Waals surface area contributed by atoms with Crippen LogP contribution in [0.5, 0.6) is 0 Å². The SMILES string of the molecule is O=C(NC1CCNC2(CCC2)C1)c1ccc(Cl)c(F)c1. The van der Waals surface area contributed by atoms with Gasteiger partial charge in [0.25, 0.3) is 5.91 Å². The molecule has 2 aliphatic rings. The minimum absolute atomic E-state index is 0.0387. The second kappa shape index (κ2) is 5.34. The molecule has 1 aliphatic heterocycles. The molecule has 1 aromatic rings. The van der Waals surface area contributed by atoms with Crippen molar-refractivity contribution in [2.45, 2.75) is 43.7 Å². The number of piperidine rings is 1. The highest BCUT2D eigenvalue weighted by atomic mass is 35.5. The van der Waals surface area contributed by atoms with E-state index in [1.165, 1.54) is 31.4 Å². The average molecular weight is 297 g/mol. The van der Waals surface area contributed by atoms with Crippen LogP contribution in [0.3, 0.4) is 0 Å². The number of rotatable bonds is 2.